The first kappa shape index (κ1) is 14.0. The lowest BCUT2D eigenvalue weighted by atomic mass is 10.00. The van der Waals surface area contributed by atoms with Gasteiger partial charge in [-0.05, 0) is 36.6 Å². The molecule has 0 amide bonds. The lowest BCUT2D eigenvalue weighted by Gasteiger charge is -2.15. The maximum absolute atomic E-state index is 6.64. The molecule has 1 nitrogen and oxygen atoms in total. The summed E-state index contributed by atoms with van der Waals surface area (Å²) in [6, 6.07) is 12.7. The number of hydrogen-bond donors (Lipinski definition) is 0. The van der Waals surface area contributed by atoms with E-state index < -0.39 is 0 Å². The van der Waals surface area contributed by atoms with Crippen LogP contribution in [0.1, 0.15) is 27.6 Å². The minimum absolute atomic E-state index is 0.0675. The number of benzene rings is 2. The summed E-state index contributed by atoms with van der Waals surface area (Å²) < 4.78 is 6.83. The smallest absolute Gasteiger partial charge is 0.127 e. The van der Waals surface area contributed by atoms with E-state index in [1.165, 1.54) is 16.7 Å². The molecule has 0 aliphatic carbocycles. The van der Waals surface area contributed by atoms with Crippen LogP contribution in [-0.2, 0) is 12.8 Å². The molecule has 0 bridgehead atoms. The summed E-state index contributed by atoms with van der Waals surface area (Å²) in [5, 5.41) is -0.0675. The molecule has 1 atom stereocenters. The van der Waals surface area contributed by atoms with E-state index in [0.717, 1.165) is 35.2 Å². The maximum atomic E-state index is 6.64. The molecule has 1 aliphatic rings. The summed E-state index contributed by atoms with van der Waals surface area (Å²) in [4.78, 5) is 0. The topological polar surface area (TPSA) is 9.23 Å². The third kappa shape index (κ3) is 2.87. The van der Waals surface area contributed by atoms with Crippen molar-refractivity contribution in [3.8, 4) is 5.75 Å². The standard InChI is InChI=1S/C17H16BrClO/c1-11-2-4-12(5-3-11)8-16(19)15-10-14(18)9-13-6-7-20-17(13)15/h2-5,9-10,16H,6-8H2,1H3. The van der Waals surface area contributed by atoms with Gasteiger partial charge >= 0.3 is 0 Å². The normalized spacial score (nSPS) is 14.8. The Bertz CT molecular complexity index is 622. The van der Waals surface area contributed by atoms with E-state index in [9.17, 15) is 0 Å². The van der Waals surface area contributed by atoms with Gasteiger partial charge in [0.15, 0.2) is 0 Å². The molecular formula is C17H16BrClO. The largest absolute Gasteiger partial charge is 0.493 e. The Kier molecular flexibility index (Phi) is 4.04. The van der Waals surface area contributed by atoms with Crippen LogP contribution in [0.15, 0.2) is 40.9 Å². The average molecular weight is 352 g/mol. The second-order valence-electron chi connectivity index (χ2n) is 5.24. The Labute approximate surface area is 133 Å². The summed E-state index contributed by atoms with van der Waals surface area (Å²) >= 11 is 10.2. The van der Waals surface area contributed by atoms with Gasteiger partial charge in [-0.1, -0.05) is 45.8 Å². The highest BCUT2D eigenvalue weighted by molar-refractivity contribution is 9.10. The highest BCUT2D eigenvalue weighted by Crippen LogP contribution is 2.40. The lowest BCUT2D eigenvalue weighted by Crippen LogP contribution is -1.99. The zero-order valence-electron chi connectivity index (χ0n) is 11.3. The van der Waals surface area contributed by atoms with E-state index in [1.54, 1.807) is 0 Å². The molecule has 0 saturated carbocycles. The minimum Gasteiger partial charge on any atom is -0.493 e. The molecule has 3 rings (SSSR count). The second-order valence-corrected chi connectivity index (χ2v) is 6.68. The lowest BCUT2D eigenvalue weighted by molar-refractivity contribution is 0.353. The van der Waals surface area contributed by atoms with Crippen LogP contribution in [0.5, 0.6) is 5.75 Å². The fourth-order valence-corrected chi connectivity index (χ4v) is 3.43. The average Bonchev–Trinajstić information content (AvgIpc) is 2.88. The number of ether oxygens (including phenoxy) is 1. The first-order chi connectivity index (χ1) is 9.63. The number of alkyl halides is 1. The molecule has 3 heteroatoms. The van der Waals surface area contributed by atoms with E-state index in [4.69, 9.17) is 16.3 Å². The molecule has 1 unspecified atom stereocenters. The van der Waals surface area contributed by atoms with Crippen LogP contribution in [-0.4, -0.2) is 6.61 Å². The Morgan fingerprint density at radius 1 is 1.25 bits per heavy atom. The molecule has 1 aliphatic heterocycles. The summed E-state index contributed by atoms with van der Waals surface area (Å²) in [7, 11) is 0. The summed E-state index contributed by atoms with van der Waals surface area (Å²) in [6.45, 7) is 2.85. The third-order valence-electron chi connectivity index (χ3n) is 3.65. The molecule has 2 aromatic rings. The van der Waals surface area contributed by atoms with Crippen LogP contribution in [0.25, 0.3) is 0 Å². The van der Waals surface area contributed by atoms with Crippen LogP contribution < -0.4 is 4.74 Å². The first-order valence-corrected chi connectivity index (χ1v) is 8.01. The van der Waals surface area contributed by atoms with Gasteiger partial charge in [-0.25, -0.2) is 0 Å². The van der Waals surface area contributed by atoms with Crippen molar-refractivity contribution in [1.29, 1.82) is 0 Å². The quantitative estimate of drug-likeness (QED) is 0.689. The number of halogens is 2. The monoisotopic (exact) mass is 350 g/mol. The van der Waals surface area contributed by atoms with Gasteiger partial charge in [0.05, 0.1) is 12.0 Å². The van der Waals surface area contributed by atoms with E-state index in [0.29, 0.717) is 0 Å². The van der Waals surface area contributed by atoms with Crippen molar-refractivity contribution in [3.63, 3.8) is 0 Å². The van der Waals surface area contributed by atoms with E-state index in [2.05, 4.69) is 59.3 Å². The number of aryl methyl sites for hydroxylation is 1. The molecular weight excluding hydrogens is 336 g/mol. The number of hydrogen-bond acceptors (Lipinski definition) is 1. The van der Waals surface area contributed by atoms with E-state index in [1.807, 2.05) is 0 Å². The van der Waals surface area contributed by atoms with Crippen LogP contribution in [0.3, 0.4) is 0 Å². The van der Waals surface area contributed by atoms with Gasteiger partial charge in [-0.3, -0.25) is 0 Å². The van der Waals surface area contributed by atoms with Gasteiger partial charge in [0, 0.05) is 16.5 Å². The molecule has 0 radical (unpaired) electrons. The van der Waals surface area contributed by atoms with Gasteiger partial charge in [0.1, 0.15) is 5.75 Å². The van der Waals surface area contributed by atoms with Crippen molar-refractivity contribution in [1.82, 2.24) is 0 Å². The zero-order chi connectivity index (χ0) is 14.1. The van der Waals surface area contributed by atoms with E-state index in [-0.39, 0.29) is 5.38 Å². The molecule has 20 heavy (non-hydrogen) atoms. The Morgan fingerprint density at radius 2 is 2.00 bits per heavy atom. The molecule has 1 heterocycles. The predicted octanol–water partition coefficient (Wildman–Crippen LogP) is 5.22. The van der Waals surface area contributed by atoms with Crippen LogP contribution >= 0.6 is 27.5 Å². The number of rotatable bonds is 3. The molecule has 0 N–H and O–H groups in total. The van der Waals surface area contributed by atoms with Gasteiger partial charge in [-0.15, -0.1) is 11.6 Å². The summed E-state index contributed by atoms with van der Waals surface area (Å²) in [6.07, 6.45) is 1.78. The van der Waals surface area contributed by atoms with Crippen molar-refractivity contribution in [2.75, 3.05) is 6.61 Å². The SMILES string of the molecule is Cc1ccc(CC(Cl)c2cc(Br)cc3c2OCC3)cc1. The van der Waals surface area contributed by atoms with E-state index >= 15 is 0 Å². The predicted molar refractivity (Wildman–Crippen MR) is 86.8 cm³/mol. The minimum atomic E-state index is -0.0675. The Balaban J connectivity index is 1.87. The van der Waals surface area contributed by atoms with Crippen molar-refractivity contribution >= 4 is 27.5 Å². The van der Waals surface area contributed by atoms with Gasteiger partial charge in [0.2, 0.25) is 0 Å². The van der Waals surface area contributed by atoms with Crippen LogP contribution in [0, 0.1) is 6.92 Å². The molecule has 2 aromatic carbocycles. The van der Waals surface area contributed by atoms with Crippen molar-refractivity contribution in [3.05, 3.63) is 63.1 Å². The highest BCUT2D eigenvalue weighted by atomic mass is 79.9. The molecule has 0 saturated heterocycles. The zero-order valence-corrected chi connectivity index (χ0v) is 13.7. The first-order valence-electron chi connectivity index (χ1n) is 6.78. The molecule has 0 aromatic heterocycles. The van der Waals surface area contributed by atoms with Gasteiger partial charge in [0.25, 0.3) is 0 Å². The van der Waals surface area contributed by atoms with Crippen molar-refractivity contribution < 1.29 is 4.74 Å². The second kappa shape index (κ2) is 5.79. The fourth-order valence-electron chi connectivity index (χ4n) is 2.57. The Hall–Kier alpha value is -0.990. The summed E-state index contributed by atoms with van der Waals surface area (Å²) in [5.74, 6) is 0.986. The Morgan fingerprint density at radius 3 is 2.75 bits per heavy atom. The van der Waals surface area contributed by atoms with Gasteiger partial charge in [-0.2, -0.15) is 0 Å². The van der Waals surface area contributed by atoms with Crippen molar-refractivity contribution in [2.24, 2.45) is 0 Å². The highest BCUT2D eigenvalue weighted by Gasteiger charge is 2.22. The molecule has 0 fully saturated rings. The number of fused-ring (bicyclic) bond motifs is 1. The fraction of sp³-hybridized carbons (Fsp3) is 0.294. The molecule has 0 spiro atoms. The third-order valence-corrected chi connectivity index (χ3v) is 4.50. The molecule has 104 valence electrons. The maximum Gasteiger partial charge on any atom is 0.127 e. The van der Waals surface area contributed by atoms with Crippen LogP contribution in [0.4, 0.5) is 0 Å². The van der Waals surface area contributed by atoms with Crippen LogP contribution in [0.2, 0.25) is 0 Å². The van der Waals surface area contributed by atoms with Gasteiger partial charge < -0.3 is 4.74 Å². The van der Waals surface area contributed by atoms with Crippen molar-refractivity contribution in [2.45, 2.75) is 25.1 Å². The summed E-state index contributed by atoms with van der Waals surface area (Å²) in [5.41, 5.74) is 4.87.